The monoisotopic (exact) mass is 206 g/mol. The molecule has 0 spiro atoms. The van der Waals surface area contributed by atoms with Gasteiger partial charge in [0.2, 0.25) is 0 Å². The quantitative estimate of drug-likeness (QED) is 0.769. The molecular weight excluding hydrogens is 188 g/mol. The van der Waals surface area contributed by atoms with Crippen molar-refractivity contribution >= 4 is 6.29 Å². The highest BCUT2D eigenvalue weighted by Gasteiger charge is 2.13. The molecule has 0 radical (unpaired) electrons. The molecule has 0 aliphatic rings. The van der Waals surface area contributed by atoms with Crippen molar-refractivity contribution in [3.8, 4) is 0 Å². The Morgan fingerprint density at radius 2 is 1.33 bits per heavy atom. The topological polar surface area (TPSA) is 37.3 Å². The van der Waals surface area contributed by atoms with Gasteiger partial charge in [-0.3, -0.25) is 0 Å². The Labute approximate surface area is 90.9 Å². The number of aldehydes is 1. The number of rotatable bonds is 3. The molecule has 1 aromatic carbocycles. The minimum Gasteiger partial charge on any atom is -0.392 e. The molecule has 0 saturated carbocycles. The number of benzene rings is 1. The highest BCUT2D eigenvalue weighted by molar-refractivity contribution is 5.61. The molecule has 0 heterocycles. The van der Waals surface area contributed by atoms with Crippen LogP contribution >= 0.6 is 0 Å². The molecule has 2 nitrogen and oxygen atoms in total. The summed E-state index contributed by atoms with van der Waals surface area (Å²) < 4.78 is 0. The Morgan fingerprint density at radius 3 is 1.67 bits per heavy atom. The molecule has 15 heavy (non-hydrogen) atoms. The highest BCUT2D eigenvalue weighted by atomic mass is 16.3. The minimum absolute atomic E-state index is 0.0702. The molecule has 0 aliphatic carbocycles. The van der Waals surface area contributed by atoms with Crippen LogP contribution in [0.2, 0.25) is 0 Å². The van der Waals surface area contributed by atoms with E-state index in [1.807, 2.05) is 27.7 Å². The lowest BCUT2D eigenvalue weighted by Crippen LogP contribution is -2.05. The van der Waals surface area contributed by atoms with Crippen LogP contribution in [-0.2, 0) is 17.8 Å². The molecule has 0 saturated heterocycles. The summed E-state index contributed by atoms with van der Waals surface area (Å²) in [5, 5.41) is 9.30. The summed E-state index contributed by atoms with van der Waals surface area (Å²) in [6, 6.07) is 0. The van der Waals surface area contributed by atoms with Gasteiger partial charge in [-0.2, -0.15) is 0 Å². The summed E-state index contributed by atoms with van der Waals surface area (Å²) in [4.78, 5) is 10.6. The molecule has 0 aliphatic heterocycles. The second-order valence-corrected chi connectivity index (χ2v) is 3.99. The van der Waals surface area contributed by atoms with Crippen LogP contribution in [0.3, 0.4) is 0 Å². The predicted molar refractivity (Wildman–Crippen MR) is 61.1 cm³/mol. The smallest absolute Gasteiger partial charge is 0.124 e. The lowest BCUT2D eigenvalue weighted by atomic mass is 9.88. The molecule has 1 rings (SSSR count). The van der Waals surface area contributed by atoms with Crippen molar-refractivity contribution in [2.45, 2.75) is 40.7 Å². The highest BCUT2D eigenvalue weighted by Crippen LogP contribution is 2.26. The largest absolute Gasteiger partial charge is 0.392 e. The summed E-state index contributed by atoms with van der Waals surface area (Å²) in [6.45, 7) is 8.10. The van der Waals surface area contributed by atoms with E-state index in [0.717, 1.165) is 39.7 Å². The summed E-state index contributed by atoms with van der Waals surface area (Å²) in [7, 11) is 0. The van der Waals surface area contributed by atoms with Crippen molar-refractivity contribution < 1.29 is 9.90 Å². The molecule has 0 aromatic heterocycles. The van der Waals surface area contributed by atoms with Gasteiger partial charge >= 0.3 is 0 Å². The Kier molecular flexibility index (Phi) is 3.64. The van der Waals surface area contributed by atoms with Gasteiger partial charge in [0.15, 0.2) is 0 Å². The van der Waals surface area contributed by atoms with Crippen LogP contribution in [0.25, 0.3) is 0 Å². The third-order valence-corrected chi connectivity index (χ3v) is 3.38. The average molecular weight is 206 g/mol. The van der Waals surface area contributed by atoms with Gasteiger partial charge in [0.1, 0.15) is 6.29 Å². The molecule has 0 atom stereocenters. The van der Waals surface area contributed by atoms with E-state index in [1.54, 1.807) is 0 Å². The maximum Gasteiger partial charge on any atom is 0.124 e. The fourth-order valence-electron chi connectivity index (χ4n) is 2.09. The van der Waals surface area contributed by atoms with Crippen molar-refractivity contribution in [3.63, 3.8) is 0 Å². The van der Waals surface area contributed by atoms with E-state index in [1.165, 1.54) is 0 Å². The molecule has 1 aromatic rings. The van der Waals surface area contributed by atoms with Gasteiger partial charge in [0.05, 0.1) is 6.61 Å². The van der Waals surface area contributed by atoms with E-state index in [4.69, 9.17) is 0 Å². The van der Waals surface area contributed by atoms with Crippen LogP contribution in [0.1, 0.15) is 33.4 Å². The second kappa shape index (κ2) is 4.58. The normalized spacial score (nSPS) is 10.5. The van der Waals surface area contributed by atoms with Gasteiger partial charge in [-0.1, -0.05) is 0 Å². The van der Waals surface area contributed by atoms with E-state index in [-0.39, 0.29) is 6.61 Å². The molecular formula is C13H18O2. The predicted octanol–water partition coefficient (Wildman–Crippen LogP) is 2.15. The first-order valence-electron chi connectivity index (χ1n) is 5.17. The first-order chi connectivity index (χ1) is 7.04. The number of aliphatic hydroxyl groups excluding tert-OH is 1. The number of carbonyl (C=O) groups excluding carboxylic acids is 1. The SMILES string of the molecule is Cc1c(C)c(CC=O)c(C)c(C)c1CO. The third kappa shape index (κ3) is 1.95. The van der Waals surface area contributed by atoms with Crippen LogP contribution in [0.5, 0.6) is 0 Å². The van der Waals surface area contributed by atoms with E-state index >= 15 is 0 Å². The van der Waals surface area contributed by atoms with Crippen molar-refractivity contribution in [1.29, 1.82) is 0 Å². The zero-order valence-corrected chi connectivity index (χ0v) is 9.85. The molecule has 0 unspecified atom stereocenters. The summed E-state index contributed by atoms with van der Waals surface area (Å²) in [6.07, 6.45) is 1.40. The maximum atomic E-state index is 10.6. The molecule has 1 N–H and O–H groups in total. The van der Waals surface area contributed by atoms with Gasteiger partial charge in [0.25, 0.3) is 0 Å². The summed E-state index contributed by atoms with van der Waals surface area (Å²) in [5.74, 6) is 0. The van der Waals surface area contributed by atoms with Gasteiger partial charge in [-0.25, -0.2) is 0 Å². The number of aliphatic hydroxyl groups is 1. The summed E-state index contributed by atoms with van der Waals surface area (Å²) in [5.41, 5.74) is 6.59. The van der Waals surface area contributed by atoms with Gasteiger partial charge in [-0.05, 0) is 61.1 Å². The lowest BCUT2D eigenvalue weighted by Gasteiger charge is -2.18. The van der Waals surface area contributed by atoms with E-state index in [9.17, 15) is 9.90 Å². The van der Waals surface area contributed by atoms with Crippen LogP contribution in [0.4, 0.5) is 0 Å². The van der Waals surface area contributed by atoms with Gasteiger partial charge < -0.3 is 9.90 Å². The van der Waals surface area contributed by atoms with Crippen molar-refractivity contribution in [3.05, 3.63) is 33.4 Å². The standard InChI is InChI=1S/C13H18O2/c1-8-10(3)13(7-15)11(4)9(2)12(8)5-6-14/h6,15H,5,7H2,1-4H3. The Bertz CT molecular complexity index is 363. The van der Waals surface area contributed by atoms with Crippen molar-refractivity contribution in [1.82, 2.24) is 0 Å². The lowest BCUT2D eigenvalue weighted by molar-refractivity contribution is -0.107. The summed E-state index contributed by atoms with van der Waals surface area (Å²) >= 11 is 0. The molecule has 2 heteroatoms. The van der Waals surface area contributed by atoms with Gasteiger partial charge in [-0.15, -0.1) is 0 Å². The van der Waals surface area contributed by atoms with E-state index in [2.05, 4.69) is 0 Å². The Balaban J connectivity index is 3.50. The zero-order valence-electron chi connectivity index (χ0n) is 9.85. The molecule has 82 valence electrons. The van der Waals surface area contributed by atoms with Crippen molar-refractivity contribution in [2.75, 3.05) is 0 Å². The second-order valence-electron chi connectivity index (χ2n) is 3.99. The number of hydrogen-bond acceptors (Lipinski definition) is 2. The van der Waals surface area contributed by atoms with Crippen LogP contribution in [-0.4, -0.2) is 11.4 Å². The fraction of sp³-hybridized carbons (Fsp3) is 0.462. The Morgan fingerprint density at radius 1 is 0.933 bits per heavy atom. The minimum atomic E-state index is 0.0702. The van der Waals surface area contributed by atoms with E-state index < -0.39 is 0 Å². The number of carbonyl (C=O) groups is 1. The molecule has 0 fully saturated rings. The average Bonchev–Trinajstić information content (AvgIpc) is 2.23. The van der Waals surface area contributed by atoms with Crippen LogP contribution in [0.15, 0.2) is 0 Å². The molecule has 0 bridgehead atoms. The number of hydrogen-bond donors (Lipinski definition) is 1. The van der Waals surface area contributed by atoms with Gasteiger partial charge in [0, 0.05) is 6.42 Å². The Hall–Kier alpha value is -1.15. The molecule has 0 amide bonds. The van der Waals surface area contributed by atoms with Crippen LogP contribution < -0.4 is 0 Å². The van der Waals surface area contributed by atoms with Crippen molar-refractivity contribution in [2.24, 2.45) is 0 Å². The first-order valence-corrected chi connectivity index (χ1v) is 5.17. The van der Waals surface area contributed by atoms with E-state index in [0.29, 0.717) is 6.42 Å². The zero-order chi connectivity index (χ0) is 11.6. The maximum absolute atomic E-state index is 10.6. The van der Waals surface area contributed by atoms with Crippen LogP contribution in [0, 0.1) is 27.7 Å². The first kappa shape index (κ1) is 11.9. The fourth-order valence-corrected chi connectivity index (χ4v) is 2.09. The third-order valence-electron chi connectivity index (χ3n) is 3.38.